The predicted molar refractivity (Wildman–Crippen MR) is 70.0 cm³/mol. The monoisotopic (exact) mass is 369 g/mol. The molecule has 2 aromatic rings. The van der Waals surface area contributed by atoms with Crippen molar-refractivity contribution >= 4 is 11.6 Å². The Labute approximate surface area is 135 Å². The molecule has 10 heteroatoms. The van der Waals surface area contributed by atoms with Crippen LogP contribution in [0.3, 0.4) is 0 Å². The lowest BCUT2D eigenvalue weighted by molar-refractivity contribution is -0.143. The molecule has 0 aliphatic heterocycles. The van der Waals surface area contributed by atoms with Crippen LogP contribution in [0.4, 0.5) is 40.8 Å². The third-order valence-corrected chi connectivity index (χ3v) is 3.06. The molecule has 0 aliphatic rings. The molecule has 0 fully saturated rings. The molecule has 2 nitrogen and oxygen atoms in total. The van der Waals surface area contributed by atoms with E-state index in [-0.39, 0.29) is 5.56 Å². The van der Waals surface area contributed by atoms with Crippen molar-refractivity contribution in [1.29, 1.82) is 0 Å². The van der Waals surface area contributed by atoms with Gasteiger partial charge in [0.15, 0.2) is 23.3 Å². The number of halogens is 8. The lowest BCUT2D eigenvalue weighted by atomic mass is 10.1. The largest absolute Gasteiger partial charge is 0.422 e. The summed E-state index contributed by atoms with van der Waals surface area (Å²) >= 11 is 0. The highest BCUT2D eigenvalue weighted by molar-refractivity contribution is 5.92. The minimum Gasteiger partial charge on any atom is -0.321 e. The van der Waals surface area contributed by atoms with Gasteiger partial charge in [-0.2, -0.15) is 13.2 Å². The van der Waals surface area contributed by atoms with Crippen LogP contribution in [0, 0.1) is 29.1 Å². The Hall–Kier alpha value is -2.65. The van der Waals surface area contributed by atoms with Crippen LogP contribution in [-0.4, -0.2) is 5.91 Å². The van der Waals surface area contributed by atoms with Crippen LogP contribution >= 0.6 is 0 Å². The molecule has 0 saturated carbocycles. The molecule has 0 radical (unpaired) electrons. The molecular formula is C15H7F8NO. The molecule has 0 bridgehead atoms. The van der Waals surface area contributed by atoms with E-state index in [1.54, 1.807) is 0 Å². The highest BCUT2D eigenvalue weighted by Crippen LogP contribution is 2.38. The molecule has 0 spiro atoms. The first-order valence-corrected chi connectivity index (χ1v) is 6.49. The van der Waals surface area contributed by atoms with Crippen LogP contribution in [-0.2, 0) is 17.4 Å². The molecule has 0 saturated heterocycles. The number of benzene rings is 2. The number of carbonyl (C=O) groups is 1. The molecule has 134 valence electrons. The number of nitrogens with one attached hydrogen (secondary N) is 1. The zero-order valence-electron chi connectivity index (χ0n) is 11.9. The van der Waals surface area contributed by atoms with Gasteiger partial charge in [-0.3, -0.25) is 4.79 Å². The zero-order valence-corrected chi connectivity index (χ0v) is 11.9. The molecule has 0 atom stereocenters. The van der Waals surface area contributed by atoms with Crippen LogP contribution in [0.2, 0.25) is 0 Å². The van der Waals surface area contributed by atoms with Crippen molar-refractivity contribution in [3.8, 4) is 0 Å². The lowest BCUT2D eigenvalue weighted by Crippen LogP contribution is -2.21. The summed E-state index contributed by atoms with van der Waals surface area (Å²) in [7, 11) is 0. The summed E-state index contributed by atoms with van der Waals surface area (Å²) in [6.45, 7) is 0. The Morgan fingerprint density at radius 1 is 0.920 bits per heavy atom. The molecule has 0 unspecified atom stereocenters. The molecule has 0 aliphatic carbocycles. The van der Waals surface area contributed by atoms with Crippen molar-refractivity contribution in [2.24, 2.45) is 0 Å². The zero-order chi connectivity index (χ0) is 18.9. The van der Waals surface area contributed by atoms with Crippen LogP contribution in [0.25, 0.3) is 0 Å². The van der Waals surface area contributed by atoms with E-state index in [4.69, 9.17) is 0 Å². The van der Waals surface area contributed by atoms with Gasteiger partial charge in [0.05, 0.1) is 6.42 Å². The van der Waals surface area contributed by atoms with Gasteiger partial charge in [0, 0.05) is 0 Å². The second-order valence-electron chi connectivity index (χ2n) is 4.86. The summed E-state index contributed by atoms with van der Waals surface area (Å²) in [4.78, 5) is 11.7. The minimum atomic E-state index is -5.68. The third kappa shape index (κ3) is 3.89. The normalized spacial score (nSPS) is 11.5. The van der Waals surface area contributed by atoms with E-state index >= 15 is 0 Å². The Bertz CT molecular complexity index is 802. The van der Waals surface area contributed by atoms with Crippen molar-refractivity contribution in [1.82, 2.24) is 0 Å². The first-order chi connectivity index (χ1) is 11.5. The number of anilines is 1. The van der Waals surface area contributed by atoms with Crippen molar-refractivity contribution < 1.29 is 39.9 Å². The Morgan fingerprint density at radius 2 is 1.48 bits per heavy atom. The molecule has 1 amide bonds. The van der Waals surface area contributed by atoms with Gasteiger partial charge in [0.2, 0.25) is 5.91 Å². The second kappa shape index (κ2) is 6.69. The summed E-state index contributed by atoms with van der Waals surface area (Å²) in [6, 6.07) is 4.49. The average Bonchev–Trinajstić information content (AvgIpc) is 2.48. The van der Waals surface area contributed by atoms with Gasteiger partial charge in [-0.15, -0.1) is 0 Å². The highest BCUT2D eigenvalue weighted by atomic mass is 19.4. The van der Waals surface area contributed by atoms with E-state index in [1.165, 1.54) is 17.4 Å². The van der Waals surface area contributed by atoms with Crippen molar-refractivity contribution in [2.45, 2.75) is 12.6 Å². The van der Waals surface area contributed by atoms with Gasteiger partial charge < -0.3 is 5.32 Å². The molecule has 2 rings (SSSR count). The smallest absolute Gasteiger partial charge is 0.321 e. The maximum absolute atomic E-state index is 13.6. The third-order valence-electron chi connectivity index (χ3n) is 3.06. The molecular weight excluding hydrogens is 362 g/mol. The quantitative estimate of drug-likeness (QED) is 0.623. The van der Waals surface area contributed by atoms with Crippen LogP contribution in [0.15, 0.2) is 24.3 Å². The molecule has 25 heavy (non-hydrogen) atoms. The number of carbonyl (C=O) groups excluding carboxylic acids is 1. The van der Waals surface area contributed by atoms with E-state index in [2.05, 4.69) is 0 Å². The molecule has 2 aromatic carbocycles. The topological polar surface area (TPSA) is 29.1 Å². The maximum Gasteiger partial charge on any atom is 0.422 e. The summed E-state index contributed by atoms with van der Waals surface area (Å²) < 4.78 is 104. The molecule has 0 heterocycles. The van der Waals surface area contributed by atoms with Crippen molar-refractivity contribution in [3.05, 3.63) is 64.5 Å². The van der Waals surface area contributed by atoms with Crippen LogP contribution in [0.5, 0.6) is 0 Å². The Balaban J connectivity index is 2.36. The summed E-state index contributed by atoms with van der Waals surface area (Å²) in [6.07, 6.45) is -6.32. The predicted octanol–water partition coefficient (Wildman–Crippen LogP) is 4.58. The SMILES string of the molecule is O=C(Cc1cccc(F)c1)Nc1c(F)c(F)c(C(F)(F)F)c(F)c1F. The first kappa shape index (κ1) is 18.7. The van der Waals surface area contributed by atoms with Crippen molar-refractivity contribution in [2.75, 3.05) is 5.32 Å². The maximum atomic E-state index is 13.6. The van der Waals surface area contributed by atoms with Crippen LogP contribution in [0.1, 0.15) is 11.1 Å². The average molecular weight is 369 g/mol. The fourth-order valence-corrected chi connectivity index (χ4v) is 2.01. The fourth-order valence-electron chi connectivity index (χ4n) is 2.01. The van der Waals surface area contributed by atoms with E-state index in [9.17, 15) is 39.9 Å². The highest BCUT2D eigenvalue weighted by Gasteiger charge is 2.42. The van der Waals surface area contributed by atoms with Gasteiger partial charge in [0.25, 0.3) is 0 Å². The number of amides is 1. The van der Waals surface area contributed by atoms with E-state index in [0.717, 1.165) is 12.1 Å². The van der Waals surface area contributed by atoms with E-state index in [0.29, 0.717) is 0 Å². The van der Waals surface area contributed by atoms with Gasteiger partial charge >= 0.3 is 6.18 Å². The number of hydrogen-bond donors (Lipinski definition) is 1. The van der Waals surface area contributed by atoms with E-state index in [1.807, 2.05) is 0 Å². The summed E-state index contributed by atoms with van der Waals surface area (Å²) in [5.74, 6) is -12.1. The summed E-state index contributed by atoms with van der Waals surface area (Å²) in [5.41, 5.74) is -4.39. The Kier molecular flexibility index (Phi) is 5.00. The first-order valence-electron chi connectivity index (χ1n) is 6.49. The Morgan fingerprint density at radius 3 is 1.96 bits per heavy atom. The number of rotatable bonds is 3. The van der Waals surface area contributed by atoms with Crippen molar-refractivity contribution in [3.63, 3.8) is 0 Å². The van der Waals surface area contributed by atoms with Gasteiger partial charge in [-0.25, -0.2) is 22.0 Å². The standard InChI is InChI=1S/C15H7F8NO/c16-7-3-1-2-6(4-7)5-8(25)24-14-12(19)10(17)9(15(21,22)23)11(18)13(14)20/h1-4H,5H2,(H,24,25). The number of hydrogen-bond acceptors (Lipinski definition) is 1. The number of alkyl halides is 3. The van der Waals surface area contributed by atoms with E-state index < -0.39 is 58.8 Å². The van der Waals surface area contributed by atoms with Gasteiger partial charge in [0.1, 0.15) is 17.1 Å². The minimum absolute atomic E-state index is 0.0613. The van der Waals surface area contributed by atoms with Crippen LogP contribution < -0.4 is 5.32 Å². The molecule has 1 N–H and O–H groups in total. The lowest BCUT2D eigenvalue weighted by Gasteiger charge is -2.14. The second-order valence-corrected chi connectivity index (χ2v) is 4.86. The fraction of sp³-hybridized carbons (Fsp3) is 0.133. The molecule has 0 aromatic heterocycles. The van der Waals surface area contributed by atoms with Gasteiger partial charge in [-0.1, -0.05) is 12.1 Å². The summed E-state index contributed by atoms with van der Waals surface area (Å²) in [5, 5.41) is 1.45. The van der Waals surface area contributed by atoms with Gasteiger partial charge in [-0.05, 0) is 17.7 Å².